The normalized spacial score (nSPS) is 15.3. The van der Waals surface area contributed by atoms with Gasteiger partial charge in [-0.05, 0) is 71.0 Å². The Hall–Kier alpha value is -1.96. The second kappa shape index (κ2) is 11.6. The van der Waals surface area contributed by atoms with Crippen LogP contribution in [0.5, 0.6) is 0 Å². The molecule has 0 N–H and O–H groups in total. The Morgan fingerprint density at radius 1 is 0.974 bits per heavy atom. The molecule has 38 heavy (non-hydrogen) atoms. The highest BCUT2D eigenvalue weighted by Gasteiger charge is 2.36. The minimum Gasteiger partial charge on any atom is -0.348 e. The van der Waals surface area contributed by atoms with E-state index in [4.69, 9.17) is 16.6 Å². The zero-order chi connectivity index (χ0) is 27.8. The number of halogens is 2. The number of rotatable bonds is 8. The Balaban J connectivity index is 1.53. The summed E-state index contributed by atoms with van der Waals surface area (Å²) in [6.45, 7) is 13.9. The topological polar surface area (TPSA) is 50.3 Å². The minimum absolute atomic E-state index is 0.123. The van der Waals surface area contributed by atoms with Crippen molar-refractivity contribution in [1.82, 2.24) is 4.98 Å². The van der Waals surface area contributed by atoms with Gasteiger partial charge in [-0.25, -0.2) is 17.8 Å². The van der Waals surface area contributed by atoms with Crippen LogP contribution in [0.4, 0.5) is 9.52 Å². The van der Waals surface area contributed by atoms with Gasteiger partial charge in [0.05, 0.1) is 15.8 Å². The lowest BCUT2D eigenvalue weighted by Gasteiger charge is -2.33. The van der Waals surface area contributed by atoms with Crippen molar-refractivity contribution >= 4 is 37.9 Å². The van der Waals surface area contributed by atoms with E-state index in [-0.39, 0.29) is 17.7 Å². The first-order valence-electron chi connectivity index (χ1n) is 13.4. The highest BCUT2D eigenvalue weighted by molar-refractivity contribution is 7.92. The third-order valence-corrected chi connectivity index (χ3v) is 10.9. The molecule has 0 radical (unpaired) electrons. The smallest absolute Gasteiger partial charge is 0.185 e. The standard InChI is InChI=1S/C30H38ClFN2O2S2/c1-18(2)22-14-27(19(3)4)29(28(15-22)20(5)6)38(35,36)26-7-9-34(10-8-26)30-33-25(17-37-30)13-21-11-23(31)16-24(32)12-21/h11-12,14-20,26H,7-10,13H2,1-6H3. The van der Waals surface area contributed by atoms with Crippen LogP contribution in [0.1, 0.15) is 100 Å². The SMILES string of the molecule is CC(C)c1cc(C(C)C)c(S(=O)(=O)C2CCN(c3nc(Cc4cc(F)cc(Cl)c4)cs3)CC2)c(C(C)C)c1. The third kappa shape index (κ3) is 6.26. The van der Waals surface area contributed by atoms with Crippen LogP contribution in [0.3, 0.4) is 0 Å². The third-order valence-electron chi connectivity index (χ3n) is 7.36. The fourth-order valence-electron chi connectivity index (χ4n) is 5.19. The maximum atomic E-state index is 14.2. The van der Waals surface area contributed by atoms with E-state index in [0.717, 1.165) is 27.5 Å². The second-order valence-corrected chi connectivity index (χ2v) is 14.7. The maximum absolute atomic E-state index is 14.2. The molecule has 0 bridgehead atoms. The molecule has 2 aromatic carbocycles. The van der Waals surface area contributed by atoms with Gasteiger partial charge in [0.1, 0.15) is 5.82 Å². The van der Waals surface area contributed by atoms with Crippen LogP contribution in [0.2, 0.25) is 5.02 Å². The summed E-state index contributed by atoms with van der Waals surface area (Å²) < 4.78 is 42.0. The molecule has 1 aliphatic rings. The Morgan fingerprint density at radius 2 is 1.58 bits per heavy atom. The summed E-state index contributed by atoms with van der Waals surface area (Å²) in [6, 6.07) is 8.76. The van der Waals surface area contributed by atoms with Gasteiger partial charge in [0.2, 0.25) is 0 Å². The zero-order valence-corrected chi connectivity index (χ0v) is 25.5. The first-order chi connectivity index (χ1) is 17.9. The van der Waals surface area contributed by atoms with Gasteiger partial charge < -0.3 is 4.90 Å². The van der Waals surface area contributed by atoms with Gasteiger partial charge in [-0.15, -0.1) is 11.3 Å². The van der Waals surface area contributed by atoms with Crippen LogP contribution in [-0.2, 0) is 16.3 Å². The number of nitrogens with zero attached hydrogens (tertiary/aromatic N) is 2. The maximum Gasteiger partial charge on any atom is 0.185 e. The largest absolute Gasteiger partial charge is 0.348 e. The van der Waals surface area contributed by atoms with Crippen LogP contribution < -0.4 is 4.90 Å². The van der Waals surface area contributed by atoms with E-state index >= 15 is 0 Å². The molecule has 0 aliphatic carbocycles. The van der Waals surface area contributed by atoms with Crippen molar-refractivity contribution in [2.75, 3.05) is 18.0 Å². The Bertz CT molecular complexity index is 1340. The van der Waals surface area contributed by atoms with E-state index < -0.39 is 15.1 Å². The first kappa shape index (κ1) is 29.0. The van der Waals surface area contributed by atoms with Gasteiger partial charge in [0, 0.05) is 29.9 Å². The number of sulfone groups is 1. The summed E-state index contributed by atoms with van der Waals surface area (Å²) in [4.78, 5) is 7.50. The Labute approximate surface area is 236 Å². The van der Waals surface area contributed by atoms with Crippen molar-refractivity contribution in [3.05, 3.63) is 74.5 Å². The predicted octanol–water partition coefficient (Wildman–Crippen LogP) is 8.34. The number of benzene rings is 2. The average molecular weight is 577 g/mol. The molecule has 206 valence electrons. The van der Waals surface area contributed by atoms with Crippen molar-refractivity contribution in [1.29, 1.82) is 0 Å². The van der Waals surface area contributed by atoms with Crippen molar-refractivity contribution < 1.29 is 12.8 Å². The zero-order valence-electron chi connectivity index (χ0n) is 23.1. The Kier molecular flexibility index (Phi) is 8.90. The van der Waals surface area contributed by atoms with E-state index in [0.29, 0.717) is 48.2 Å². The molecule has 0 spiro atoms. The van der Waals surface area contributed by atoms with Gasteiger partial charge in [-0.1, -0.05) is 65.3 Å². The average Bonchev–Trinajstić information content (AvgIpc) is 3.30. The molecular formula is C30H38ClFN2O2S2. The summed E-state index contributed by atoms with van der Waals surface area (Å²) >= 11 is 7.54. The highest BCUT2D eigenvalue weighted by Crippen LogP contribution is 2.39. The van der Waals surface area contributed by atoms with E-state index in [9.17, 15) is 12.8 Å². The molecule has 8 heteroatoms. The van der Waals surface area contributed by atoms with E-state index in [2.05, 4.69) is 58.6 Å². The molecule has 3 aromatic rings. The lowest BCUT2D eigenvalue weighted by Crippen LogP contribution is -2.40. The van der Waals surface area contributed by atoms with Crippen LogP contribution in [0.25, 0.3) is 0 Å². The van der Waals surface area contributed by atoms with E-state index in [1.54, 1.807) is 17.4 Å². The summed E-state index contributed by atoms with van der Waals surface area (Å²) in [5, 5.41) is 2.83. The molecular weight excluding hydrogens is 539 g/mol. The van der Waals surface area contributed by atoms with Gasteiger partial charge in [0.25, 0.3) is 0 Å². The van der Waals surface area contributed by atoms with Crippen molar-refractivity contribution in [2.45, 2.75) is 88.7 Å². The molecule has 2 heterocycles. The van der Waals surface area contributed by atoms with Gasteiger partial charge in [-0.2, -0.15) is 0 Å². The molecule has 0 unspecified atom stereocenters. The number of aromatic nitrogens is 1. The van der Waals surface area contributed by atoms with Crippen LogP contribution >= 0.6 is 22.9 Å². The van der Waals surface area contributed by atoms with Gasteiger partial charge in [0.15, 0.2) is 15.0 Å². The molecule has 0 saturated carbocycles. The summed E-state index contributed by atoms with van der Waals surface area (Å²) in [6.07, 6.45) is 1.64. The molecule has 0 amide bonds. The predicted molar refractivity (Wildman–Crippen MR) is 157 cm³/mol. The lowest BCUT2D eigenvalue weighted by molar-refractivity contribution is 0.526. The molecule has 4 rings (SSSR count). The molecule has 4 nitrogen and oxygen atoms in total. The van der Waals surface area contributed by atoms with Crippen LogP contribution in [0, 0.1) is 5.82 Å². The second-order valence-electron chi connectivity index (χ2n) is 11.3. The van der Waals surface area contributed by atoms with E-state index in [1.165, 1.54) is 17.7 Å². The minimum atomic E-state index is -3.50. The van der Waals surface area contributed by atoms with Gasteiger partial charge in [-0.3, -0.25) is 0 Å². The van der Waals surface area contributed by atoms with Crippen molar-refractivity contribution in [3.8, 4) is 0 Å². The molecule has 1 aliphatic heterocycles. The van der Waals surface area contributed by atoms with Crippen molar-refractivity contribution in [2.24, 2.45) is 0 Å². The lowest BCUT2D eigenvalue weighted by atomic mass is 9.89. The molecule has 0 atom stereocenters. The quantitative estimate of drug-likeness (QED) is 0.270. The van der Waals surface area contributed by atoms with Crippen molar-refractivity contribution in [3.63, 3.8) is 0 Å². The van der Waals surface area contributed by atoms with Crippen LogP contribution in [-0.4, -0.2) is 31.7 Å². The monoisotopic (exact) mass is 576 g/mol. The first-order valence-corrected chi connectivity index (χ1v) is 16.2. The number of piperidine rings is 1. The summed E-state index contributed by atoms with van der Waals surface area (Å²) in [7, 11) is -3.50. The number of thiazole rings is 1. The molecule has 1 saturated heterocycles. The van der Waals surface area contributed by atoms with Crippen LogP contribution in [0.15, 0.2) is 40.6 Å². The molecule has 1 aromatic heterocycles. The fourth-order valence-corrected chi connectivity index (χ4v) is 8.72. The Morgan fingerprint density at radius 3 is 2.11 bits per heavy atom. The highest BCUT2D eigenvalue weighted by atomic mass is 35.5. The number of anilines is 1. The fraction of sp³-hybridized carbons (Fsp3) is 0.500. The number of hydrogen-bond donors (Lipinski definition) is 0. The number of hydrogen-bond acceptors (Lipinski definition) is 5. The summed E-state index contributed by atoms with van der Waals surface area (Å²) in [5.41, 5.74) is 4.73. The van der Waals surface area contributed by atoms with E-state index in [1.807, 2.05) is 5.38 Å². The van der Waals surface area contributed by atoms with Gasteiger partial charge >= 0.3 is 0 Å². The summed E-state index contributed by atoms with van der Waals surface area (Å²) in [5.74, 6) is 0.230. The molecule has 1 fully saturated rings.